The van der Waals surface area contributed by atoms with Crippen molar-refractivity contribution in [2.75, 3.05) is 5.32 Å². The summed E-state index contributed by atoms with van der Waals surface area (Å²) in [6.07, 6.45) is 3.53. The van der Waals surface area contributed by atoms with Gasteiger partial charge in [0.05, 0.1) is 11.9 Å². The molecule has 0 fully saturated rings. The Balaban J connectivity index is 2.10. The number of unbranched alkanes of at least 4 members (excludes halogenated alkanes) is 1. The average Bonchev–Trinajstić information content (AvgIpc) is 2.48. The maximum Gasteiger partial charge on any atom is 0.287 e. The van der Waals surface area contributed by atoms with E-state index in [9.17, 15) is 4.79 Å². The molecule has 1 heterocycles. The van der Waals surface area contributed by atoms with Gasteiger partial charge >= 0.3 is 0 Å². The number of aryl methyl sites for hydroxylation is 1. The summed E-state index contributed by atoms with van der Waals surface area (Å²) in [4.78, 5) is 12.1. The summed E-state index contributed by atoms with van der Waals surface area (Å²) in [6.45, 7) is 3.25. The largest absolute Gasteiger partial charge is 0.378 e. The summed E-state index contributed by atoms with van der Waals surface area (Å²) < 4.78 is 2.43. The van der Waals surface area contributed by atoms with Crippen LogP contribution in [0.4, 0.5) is 5.69 Å². The van der Waals surface area contributed by atoms with Crippen LogP contribution in [0.1, 0.15) is 25.3 Å². The molecule has 0 spiro atoms. The van der Waals surface area contributed by atoms with Crippen molar-refractivity contribution in [2.24, 2.45) is 0 Å². The standard InChI is InChI=1S/C15H17BrClN3O/c1-2-3-7-20-15(21)14(17)13(10-19-20)18-9-11-5-4-6-12(16)8-11/h4-6,8,10,18H,2-3,7,9H2,1H3. The summed E-state index contributed by atoms with van der Waals surface area (Å²) in [5.41, 5.74) is 1.41. The molecule has 2 rings (SSSR count). The van der Waals surface area contributed by atoms with E-state index in [1.54, 1.807) is 6.20 Å². The Hall–Kier alpha value is -1.33. The predicted octanol–water partition coefficient (Wildman–Crippen LogP) is 4.07. The first-order valence-corrected chi connectivity index (χ1v) is 8.03. The number of aromatic nitrogens is 2. The quantitative estimate of drug-likeness (QED) is 0.833. The number of anilines is 1. The molecule has 6 heteroatoms. The molecule has 112 valence electrons. The average molecular weight is 371 g/mol. The summed E-state index contributed by atoms with van der Waals surface area (Å²) >= 11 is 9.56. The van der Waals surface area contributed by atoms with Gasteiger partial charge in [-0.05, 0) is 24.1 Å². The van der Waals surface area contributed by atoms with Gasteiger partial charge in [-0.2, -0.15) is 5.10 Å². The minimum atomic E-state index is -0.246. The van der Waals surface area contributed by atoms with Crippen LogP contribution < -0.4 is 10.9 Å². The number of nitrogens with one attached hydrogen (secondary N) is 1. The first-order chi connectivity index (χ1) is 10.1. The molecule has 0 saturated heterocycles. The summed E-state index contributed by atoms with van der Waals surface area (Å²) in [5, 5.41) is 7.50. The predicted molar refractivity (Wildman–Crippen MR) is 89.9 cm³/mol. The first kappa shape index (κ1) is 16.0. The molecule has 0 aliphatic rings. The van der Waals surface area contributed by atoms with E-state index in [0.717, 1.165) is 22.9 Å². The van der Waals surface area contributed by atoms with Crippen molar-refractivity contribution in [3.05, 3.63) is 55.9 Å². The maximum atomic E-state index is 12.1. The van der Waals surface area contributed by atoms with Crippen molar-refractivity contribution in [1.29, 1.82) is 0 Å². The number of benzene rings is 1. The van der Waals surface area contributed by atoms with Crippen molar-refractivity contribution >= 4 is 33.2 Å². The molecule has 0 bridgehead atoms. The molecule has 2 aromatic rings. The van der Waals surface area contributed by atoms with Crippen LogP contribution in [0.3, 0.4) is 0 Å². The highest BCUT2D eigenvalue weighted by molar-refractivity contribution is 9.10. The molecule has 0 aliphatic heterocycles. The topological polar surface area (TPSA) is 46.9 Å². The van der Waals surface area contributed by atoms with E-state index in [0.29, 0.717) is 18.8 Å². The molecule has 1 aromatic heterocycles. The lowest BCUT2D eigenvalue weighted by Crippen LogP contribution is -2.24. The summed E-state index contributed by atoms with van der Waals surface area (Å²) in [6, 6.07) is 7.94. The lowest BCUT2D eigenvalue weighted by molar-refractivity contribution is 0.543. The first-order valence-electron chi connectivity index (χ1n) is 6.85. The minimum Gasteiger partial charge on any atom is -0.378 e. The van der Waals surface area contributed by atoms with Crippen LogP contribution in [0.2, 0.25) is 5.02 Å². The van der Waals surface area contributed by atoms with E-state index in [2.05, 4.69) is 33.3 Å². The third-order valence-electron chi connectivity index (χ3n) is 3.08. The lowest BCUT2D eigenvalue weighted by atomic mass is 10.2. The third-order valence-corrected chi connectivity index (χ3v) is 3.94. The van der Waals surface area contributed by atoms with Crippen LogP contribution in [0.15, 0.2) is 39.7 Å². The molecule has 0 atom stereocenters. The zero-order valence-electron chi connectivity index (χ0n) is 11.8. The fourth-order valence-electron chi connectivity index (χ4n) is 1.90. The molecule has 4 nitrogen and oxygen atoms in total. The van der Waals surface area contributed by atoms with Crippen LogP contribution in [-0.2, 0) is 13.1 Å². The number of halogens is 2. The van der Waals surface area contributed by atoms with E-state index in [-0.39, 0.29) is 10.6 Å². The lowest BCUT2D eigenvalue weighted by Gasteiger charge is -2.10. The molecule has 0 aliphatic carbocycles. The second-order valence-corrected chi connectivity index (χ2v) is 6.03. The molecule has 0 saturated carbocycles. The Labute approximate surface area is 137 Å². The molecule has 1 aromatic carbocycles. The van der Waals surface area contributed by atoms with E-state index in [4.69, 9.17) is 11.6 Å². The van der Waals surface area contributed by atoms with Crippen LogP contribution in [0, 0.1) is 0 Å². The molecule has 0 unspecified atom stereocenters. The van der Waals surface area contributed by atoms with Gasteiger partial charge < -0.3 is 5.32 Å². The second-order valence-electron chi connectivity index (χ2n) is 4.74. The highest BCUT2D eigenvalue weighted by Gasteiger charge is 2.08. The zero-order chi connectivity index (χ0) is 15.2. The Morgan fingerprint density at radius 1 is 1.43 bits per heavy atom. The van der Waals surface area contributed by atoms with Crippen molar-refractivity contribution in [3.63, 3.8) is 0 Å². The fraction of sp³-hybridized carbons (Fsp3) is 0.333. The number of nitrogens with zero attached hydrogens (tertiary/aromatic N) is 2. The van der Waals surface area contributed by atoms with Gasteiger partial charge in [-0.3, -0.25) is 4.79 Å². The van der Waals surface area contributed by atoms with Crippen molar-refractivity contribution < 1.29 is 0 Å². The third kappa shape index (κ3) is 4.32. The molecule has 0 radical (unpaired) electrons. The molecular formula is C15H17BrClN3O. The van der Waals surface area contributed by atoms with Crippen LogP contribution >= 0.6 is 27.5 Å². The van der Waals surface area contributed by atoms with E-state index < -0.39 is 0 Å². The Morgan fingerprint density at radius 3 is 2.95 bits per heavy atom. The smallest absolute Gasteiger partial charge is 0.287 e. The van der Waals surface area contributed by atoms with E-state index in [1.165, 1.54) is 4.68 Å². The minimum absolute atomic E-state index is 0.191. The fourth-order valence-corrected chi connectivity index (χ4v) is 2.56. The van der Waals surface area contributed by atoms with Gasteiger partial charge in [-0.15, -0.1) is 0 Å². The van der Waals surface area contributed by atoms with Crippen LogP contribution in [-0.4, -0.2) is 9.78 Å². The van der Waals surface area contributed by atoms with Gasteiger partial charge in [0.2, 0.25) is 0 Å². The maximum absolute atomic E-state index is 12.1. The van der Waals surface area contributed by atoms with Gasteiger partial charge in [0.25, 0.3) is 5.56 Å². The van der Waals surface area contributed by atoms with Crippen molar-refractivity contribution in [1.82, 2.24) is 9.78 Å². The molecule has 21 heavy (non-hydrogen) atoms. The Morgan fingerprint density at radius 2 is 2.24 bits per heavy atom. The Kier molecular flexibility index (Phi) is 5.82. The van der Waals surface area contributed by atoms with Crippen LogP contribution in [0.25, 0.3) is 0 Å². The number of hydrogen-bond acceptors (Lipinski definition) is 3. The monoisotopic (exact) mass is 369 g/mol. The summed E-state index contributed by atoms with van der Waals surface area (Å²) in [5.74, 6) is 0. The van der Waals surface area contributed by atoms with Gasteiger partial charge in [0, 0.05) is 17.6 Å². The molecule has 0 amide bonds. The zero-order valence-corrected chi connectivity index (χ0v) is 14.1. The molecular weight excluding hydrogens is 354 g/mol. The van der Waals surface area contributed by atoms with Crippen molar-refractivity contribution in [2.45, 2.75) is 32.9 Å². The van der Waals surface area contributed by atoms with Gasteiger partial charge in [0.15, 0.2) is 0 Å². The number of hydrogen-bond donors (Lipinski definition) is 1. The highest BCUT2D eigenvalue weighted by atomic mass is 79.9. The van der Waals surface area contributed by atoms with Gasteiger partial charge in [-0.25, -0.2) is 4.68 Å². The van der Waals surface area contributed by atoms with Crippen LogP contribution in [0.5, 0.6) is 0 Å². The van der Waals surface area contributed by atoms with E-state index >= 15 is 0 Å². The number of rotatable bonds is 6. The Bertz CT molecular complexity index is 672. The second kappa shape index (κ2) is 7.61. The van der Waals surface area contributed by atoms with Crippen molar-refractivity contribution in [3.8, 4) is 0 Å². The van der Waals surface area contributed by atoms with E-state index in [1.807, 2.05) is 24.3 Å². The normalized spacial score (nSPS) is 10.6. The van der Waals surface area contributed by atoms with Gasteiger partial charge in [0.1, 0.15) is 5.02 Å². The molecule has 1 N–H and O–H groups in total. The summed E-state index contributed by atoms with van der Waals surface area (Å²) in [7, 11) is 0. The SMILES string of the molecule is CCCCn1ncc(NCc2cccc(Br)c2)c(Cl)c1=O. The highest BCUT2D eigenvalue weighted by Crippen LogP contribution is 2.18. The van der Waals surface area contributed by atoms with Gasteiger partial charge in [-0.1, -0.05) is 53.0 Å².